The van der Waals surface area contributed by atoms with Crippen molar-refractivity contribution in [3.63, 3.8) is 0 Å². The molecule has 0 aliphatic carbocycles. The Morgan fingerprint density at radius 2 is 2.00 bits per heavy atom. The summed E-state index contributed by atoms with van der Waals surface area (Å²) in [5.41, 5.74) is 0. The molecule has 0 aromatic carbocycles. The van der Waals surface area contributed by atoms with Gasteiger partial charge in [0.1, 0.15) is 11.1 Å². The summed E-state index contributed by atoms with van der Waals surface area (Å²) in [4.78, 5) is 4.90. The quantitative estimate of drug-likeness (QED) is 0.285. The molecule has 0 amide bonds. The Morgan fingerprint density at radius 1 is 1.25 bits per heavy atom. The molecule has 0 bridgehead atoms. The SMILES string of the molecule is CCCCCCOC(C)=NOCC=C(Cl)Cl. The third kappa shape index (κ3) is 11.7. The highest BCUT2D eigenvalue weighted by Crippen LogP contribution is 2.05. The maximum Gasteiger partial charge on any atom is 0.222 e. The highest BCUT2D eigenvalue weighted by molar-refractivity contribution is 6.55. The summed E-state index contributed by atoms with van der Waals surface area (Å²) in [5, 5.41) is 3.75. The van der Waals surface area contributed by atoms with Crippen molar-refractivity contribution in [2.75, 3.05) is 13.2 Å². The summed E-state index contributed by atoms with van der Waals surface area (Å²) in [5.74, 6) is 0.524. The molecule has 0 aliphatic rings. The summed E-state index contributed by atoms with van der Waals surface area (Å²) in [6.45, 7) is 4.87. The molecular formula is C11H19Cl2NO2. The predicted octanol–water partition coefficient (Wildman–Crippen LogP) is 4.25. The molecule has 0 fully saturated rings. The van der Waals surface area contributed by atoms with Crippen molar-refractivity contribution in [1.29, 1.82) is 0 Å². The second-order valence-electron chi connectivity index (χ2n) is 3.31. The van der Waals surface area contributed by atoms with E-state index in [1.165, 1.54) is 25.3 Å². The van der Waals surface area contributed by atoms with E-state index in [1.807, 2.05) is 0 Å². The predicted molar refractivity (Wildman–Crippen MR) is 68.9 cm³/mol. The van der Waals surface area contributed by atoms with Gasteiger partial charge in [-0.1, -0.05) is 54.5 Å². The van der Waals surface area contributed by atoms with E-state index in [0.717, 1.165) is 6.42 Å². The summed E-state index contributed by atoms with van der Waals surface area (Å²) in [7, 11) is 0. The molecule has 0 N–H and O–H groups in total. The van der Waals surface area contributed by atoms with Gasteiger partial charge in [-0.25, -0.2) is 0 Å². The zero-order valence-corrected chi connectivity index (χ0v) is 11.4. The molecule has 0 aromatic heterocycles. The zero-order chi connectivity index (χ0) is 12.2. The minimum Gasteiger partial charge on any atom is -0.479 e. The van der Waals surface area contributed by atoms with Crippen molar-refractivity contribution in [3.8, 4) is 0 Å². The van der Waals surface area contributed by atoms with Crippen LogP contribution in [0.3, 0.4) is 0 Å². The lowest BCUT2D eigenvalue weighted by molar-refractivity contribution is 0.157. The monoisotopic (exact) mass is 267 g/mol. The number of hydrogen-bond donors (Lipinski definition) is 0. The molecule has 94 valence electrons. The normalized spacial score (nSPS) is 11.1. The molecule has 0 unspecified atom stereocenters. The second kappa shape index (κ2) is 11.1. The van der Waals surface area contributed by atoms with Gasteiger partial charge in [0.15, 0.2) is 0 Å². The number of rotatable bonds is 8. The van der Waals surface area contributed by atoms with E-state index in [1.54, 1.807) is 6.92 Å². The fourth-order valence-electron chi connectivity index (χ4n) is 1.00. The fraction of sp³-hybridized carbons (Fsp3) is 0.727. The van der Waals surface area contributed by atoms with Crippen LogP contribution in [0.1, 0.15) is 39.5 Å². The van der Waals surface area contributed by atoms with Crippen molar-refractivity contribution in [3.05, 3.63) is 10.6 Å². The topological polar surface area (TPSA) is 30.8 Å². The number of unbranched alkanes of at least 4 members (excludes halogenated alkanes) is 3. The van der Waals surface area contributed by atoms with E-state index in [4.69, 9.17) is 32.8 Å². The maximum atomic E-state index is 5.39. The van der Waals surface area contributed by atoms with Crippen LogP contribution in [-0.4, -0.2) is 19.1 Å². The number of ether oxygens (including phenoxy) is 1. The van der Waals surface area contributed by atoms with E-state index in [-0.39, 0.29) is 11.1 Å². The zero-order valence-electron chi connectivity index (χ0n) is 9.84. The number of halogens is 2. The number of nitrogens with zero attached hydrogens (tertiary/aromatic N) is 1. The first kappa shape index (κ1) is 15.6. The first-order valence-electron chi connectivity index (χ1n) is 5.47. The Bertz CT molecular complexity index is 226. The van der Waals surface area contributed by atoms with E-state index in [9.17, 15) is 0 Å². The highest BCUT2D eigenvalue weighted by atomic mass is 35.5. The van der Waals surface area contributed by atoms with Crippen LogP contribution in [-0.2, 0) is 9.57 Å². The van der Waals surface area contributed by atoms with Gasteiger partial charge in [-0.15, -0.1) is 0 Å². The van der Waals surface area contributed by atoms with Crippen molar-refractivity contribution in [2.45, 2.75) is 39.5 Å². The summed E-state index contributed by atoms with van der Waals surface area (Å²) < 4.78 is 5.51. The van der Waals surface area contributed by atoms with E-state index in [0.29, 0.717) is 12.5 Å². The van der Waals surface area contributed by atoms with Crippen molar-refractivity contribution in [2.24, 2.45) is 5.16 Å². The van der Waals surface area contributed by atoms with Gasteiger partial charge in [0.2, 0.25) is 5.90 Å². The third-order valence-corrected chi connectivity index (χ3v) is 2.12. The van der Waals surface area contributed by atoms with Gasteiger partial charge < -0.3 is 9.57 Å². The van der Waals surface area contributed by atoms with Crippen LogP contribution in [0.15, 0.2) is 15.7 Å². The average Bonchev–Trinajstić information content (AvgIpc) is 2.24. The minimum atomic E-state index is 0.174. The van der Waals surface area contributed by atoms with Gasteiger partial charge in [-0.2, -0.15) is 0 Å². The summed E-state index contributed by atoms with van der Waals surface area (Å²) in [6, 6.07) is 0. The van der Waals surface area contributed by atoms with Crippen LogP contribution in [0.25, 0.3) is 0 Å². The van der Waals surface area contributed by atoms with Gasteiger partial charge >= 0.3 is 0 Å². The molecule has 3 nitrogen and oxygen atoms in total. The number of oxime groups is 1. The molecule has 16 heavy (non-hydrogen) atoms. The fourth-order valence-corrected chi connectivity index (χ4v) is 1.13. The molecule has 0 radical (unpaired) electrons. The van der Waals surface area contributed by atoms with Crippen molar-refractivity contribution in [1.82, 2.24) is 0 Å². The standard InChI is InChI=1S/C11H19Cl2NO2/c1-3-4-5-6-8-15-10(2)14-16-9-7-11(12)13/h7H,3-6,8-9H2,1-2H3. The van der Waals surface area contributed by atoms with Crippen molar-refractivity contribution >= 4 is 29.1 Å². The van der Waals surface area contributed by atoms with Crippen LogP contribution in [0, 0.1) is 0 Å². The lowest BCUT2D eigenvalue weighted by Crippen LogP contribution is -2.02. The first-order valence-corrected chi connectivity index (χ1v) is 6.23. The van der Waals surface area contributed by atoms with Crippen LogP contribution < -0.4 is 0 Å². The molecular weight excluding hydrogens is 249 g/mol. The molecule has 0 atom stereocenters. The molecule has 0 saturated heterocycles. The lowest BCUT2D eigenvalue weighted by atomic mass is 10.2. The molecule has 0 aromatic rings. The van der Waals surface area contributed by atoms with Crippen LogP contribution in [0.4, 0.5) is 0 Å². The largest absolute Gasteiger partial charge is 0.479 e. The summed E-state index contributed by atoms with van der Waals surface area (Å²) in [6.07, 6.45) is 6.22. The van der Waals surface area contributed by atoms with Gasteiger partial charge in [0.25, 0.3) is 0 Å². The average molecular weight is 268 g/mol. The first-order chi connectivity index (χ1) is 7.66. The second-order valence-corrected chi connectivity index (χ2v) is 4.32. The van der Waals surface area contributed by atoms with Gasteiger partial charge in [-0.3, -0.25) is 0 Å². The van der Waals surface area contributed by atoms with Crippen LogP contribution in [0.2, 0.25) is 0 Å². The third-order valence-electron chi connectivity index (χ3n) is 1.81. The Labute approximate surface area is 107 Å². The molecule has 0 heterocycles. The Kier molecular flexibility index (Phi) is 10.8. The van der Waals surface area contributed by atoms with Gasteiger partial charge in [0.05, 0.1) is 6.61 Å². The number of hydrogen-bond acceptors (Lipinski definition) is 3. The van der Waals surface area contributed by atoms with Crippen molar-refractivity contribution < 1.29 is 9.57 Å². The molecule has 0 rings (SSSR count). The van der Waals surface area contributed by atoms with Gasteiger partial charge in [-0.05, 0) is 12.5 Å². The van der Waals surface area contributed by atoms with E-state index >= 15 is 0 Å². The van der Waals surface area contributed by atoms with E-state index < -0.39 is 0 Å². The van der Waals surface area contributed by atoms with Crippen LogP contribution in [0.5, 0.6) is 0 Å². The Hall–Kier alpha value is -0.410. The lowest BCUT2D eigenvalue weighted by Gasteiger charge is -2.04. The molecule has 0 spiro atoms. The Balaban J connectivity index is 3.44. The van der Waals surface area contributed by atoms with E-state index in [2.05, 4.69) is 12.1 Å². The summed E-state index contributed by atoms with van der Waals surface area (Å²) >= 11 is 10.8. The molecule has 0 aliphatic heterocycles. The van der Waals surface area contributed by atoms with Crippen LogP contribution >= 0.6 is 23.2 Å². The maximum absolute atomic E-state index is 5.39. The smallest absolute Gasteiger partial charge is 0.222 e. The minimum absolute atomic E-state index is 0.174. The highest BCUT2D eigenvalue weighted by Gasteiger charge is 1.93. The molecule has 5 heteroatoms. The molecule has 0 saturated carbocycles. The van der Waals surface area contributed by atoms with Gasteiger partial charge in [0, 0.05) is 6.92 Å². The Morgan fingerprint density at radius 3 is 2.62 bits per heavy atom.